The average Bonchev–Trinajstić information content (AvgIpc) is 3.08. The lowest BCUT2D eigenvalue weighted by atomic mass is 9.95. The number of carbonyl (C=O) groups is 1. The summed E-state index contributed by atoms with van der Waals surface area (Å²) < 4.78 is 1.96. The largest absolute Gasteiger partial charge is 0.331 e. The van der Waals surface area contributed by atoms with Gasteiger partial charge in [-0.3, -0.25) is 4.79 Å². The maximum atomic E-state index is 12.9. The molecule has 1 aromatic heterocycles. The van der Waals surface area contributed by atoms with Crippen LogP contribution >= 0.6 is 0 Å². The van der Waals surface area contributed by atoms with Crippen LogP contribution in [0.2, 0.25) is 0 Å². The standard InChI is InChI=1S/C18H23N5O/c1-13-17-20-16(14-5-3-2-4-6-14)21-23(17)12-11-22(13)18(24)15-7-9-19-10-8-15/h2-6,13,15,19H,7-12H2,1H3/t13-/m0/s1. The monoisotopic (exact) mass is 325 g/mol. The summed E-state index contributed by atoms with van der Waals surface area (Å²) in [6.45, 7) is 5.37. The first kappa shape index (κ1) is 15.3. The Labute approximate surface area is 141 Å². The Morgan fingerprint density at radius 3 is 2.67 bits per heavy atom. The zero-order valence-electron chi connectivity index (χ0n) is 14.0. The number of aromatic nitrogens is 3. The van der Waals surface area contributed by atoms with Crippen LogP contribution < -0.4 is 5.32 Å². The lowest BCUT2D eigenvalue weighted by Gasteiger charge is -2.36. The van der Waals surface area contributed by atoms with E-state index in [4.69, 9.17) is 4.98 Å². The molecule has 1 saturated heterocycles. The molecular formula is C18H23N5O. The summed E-state index contributed by atoms with van der Waals surface area (Å²) in [5.41, 5.74) is 1.02. The number of benzene rings is 1. The lowest BCUT2D eigenvalue weighted by molar-refractivity contribution is -0.139. The third-order valence-corrected chi connectivity index (χ3v) is 5.10. The van der Waals surface area contributed by atoms with E-state index in [2.05, 4.69) is 17.3 Å². The number of rotatable bonds is 2. The fourth-order valence-electron chi connectivity index (χ4n) is 3.68. The van der Waals surface area contributed by atoms with E-state index in [-0.39, 0.29) is 17.9 Å². The lowest BCUT2D eigenvalue weighted by Crippen LogP contribution is -2.46. The van der Waals surface area contributed by atoms with Gasteiger partial charge in [0.2, 0.25) is 5.91 Å². The van der Waals surface area contributed by atoms with Crippen molar-refractivity contribution < 1.29 is 4.79 Å². The fraction of sp³-hybridized carbons (Fsp3) is 0.500. The molecule has 0 radical (unpaired) electrons. The molecular weight excluding hydrogens is 302 g/mol. The second kappa shape index (κ2) is 6.36. The van der Waals surface area contributed by atoms with Crippen LogP contribution in [0.25, 0.3) is 11.4 Å². The highest BCUT2D eigenvalue weighted by Gasteiger charge is 2.34. The van der Waals surface area contributed by atoms with Gasteiger partial charge in [0.1, 0.15) is 5.82 Å². The van der Waals surface area contributed by atoms with Crippen LogP contribution in [0, 0.1) is 5.92 Å². The van der Waals surface area contributed by atoms with Gasteiger partial charge < -0.3 is 10.2 Å². The molecule has 1 fully saturated rings. The smallest absolute Gasteiger partial charge is 0.226 e. The molecule has 2 aromatic rings. The Morgan fingerprint density at radius 1 is 1.17 bits per heavy atom. The Morgan fingerprint density at radius 2 is 1.92 bits per heavy atom. The van der Waals surface area contributed by atoms with E-state index in [1.54, 1.807) is 0 Å². The third kappa shape index (κ3) is 2.71. The molecule has 1 aromatic carbocycles. The molecule has 0 aliphatic carbocycles. The molecule has 6 nitrogen and oxygen atoms in total. The van der Waals surface area contributed by atoms with Gasteiger partial charge in [-0.1, -0.05) is 30.3 Å². The highest BCUT2D eigenvalue weighted by molar-refractivity contribution is 5.79. The second-order valence-electron chi connectivity index (χ2n) is 6.61. The highest BCUT2D eigenvalue weighted by Crippen LogP contribution is 2.28. The van der Waals surface area contributed by atoms with Gasteiger partial charge in [0.05, 0.1) is 12.6 Å². The van der Waals surface area contributed by atoms with Gasteiger partial charge in [-0.15, -0.1) is 0 Å². The number of fused-ring (bicyclic) bond motifs is 1. The first-order valence-electron chi connectivity index (χ1n) is 8.75. The summed E-state index contributed by atoms with van der Waals surface area (Å²) in [6.07, 6.45) is 1.87. The number of hydrogen-bond donors (Lipinski definition) is 1. The SMILES string of the molecule is C[C@H]1c2nc(-c3ccccc3)nn2CCN1C(=O)C1CCNCC1. The Kier molecular flexibility index (Phi) is 4.06. The first-order chi connectivity index (χ1) is 11.7. The van der Waals surface area contributed by atoms with Crippen LogP contribution in [0.4, 0.5) is 0 Å². The molecule has 126 valence electrons. The molecule has 2 aliphatic rings. The van der Waals surface area contributed by atoms with Crippen LogP contribution in [0.5, 0.6) is 0 Å². The van der Waals surface area contributed by atoms with Crippen LogP contribution in [-0.4, -0.2) is 45.2 Å². The number of carbonyl (C=O) groups excluding carboxylic acids is 1. The number of hydrogen-bond acceptors (Lipinski definition) is 4. The van der Waals surface area contributed by atoms with Crippen LogP contribution in [-0.2, 0) is 11.3 Å². The molecule has 6 heteroatoms. The molecule has 24 heavy (non-hydrogen) atoms. The van der Waals surface area contributed by atoms with E-state index in [1.807, 2.05) is 39.9 Å². The number of nitrogens with zero attached hydrogens (tertiary/aromatic N) is 4. The normalized spacial score (nSPS) is 21.5. The molecule has 4 rings (SSSR count). The topological polar surface area (TPSA) is 63.1 Å². The third-order valence-electron chi connectivity index (χ3n) is 5.10. The van der Waals surface area contributed by atoms with Gasteiger partial charge >= 0.3 is 0 Å². The van der Waals surface area contributed by atoms with Gasteiger partial charge in [0.25, 0.3) is 0 Å². The average molecular weight is 325 g/mol. The summed E-state index contributed by atoms with van der Waals surface area (Å²) in [5, 5.41) is 7.96. The Bertz CT molecular complexity index is 720. The van der Waals surface area contributed by atoms with E-state index in [0.717, 1.165) is 49.7 Å². The minimum atomic E-state index is -0.0221. The maximum absolute atomic E-state index is 12.9. The molecule has 0 saturated carbocycles. The van der Waals surface area contributed by atoms with Crippen molar-refractivity contribution >= 4 is 5.91 Å². The van der Waals surface area contributed by atoms with Crippen molar-refractivity contribution in [1.82, 2.24) is 25.0 Å². The van der Waals surface area contributed by atoms with E-state index in [1.165, 1.54) is 0 Å². The zero-order valence-corrected chi connectivity index (χ0v) is 14.0. The molecule has 0 bridgehead atoms. The zero-order chi connectivity index (χ0) is 16.5. The van der Waals surface area contributed by atoms with Crippen molar-refractivity contribution in [1.29, 1.82) is 0 Å². The molecule has 0 spiro atoms. The molecule has 2 aliphatic heterocycles. The Balaban J connectivity index is 1.57. The minimum absolute atomic E-state index is 0.0221. The van der Waals surface area contributed by atoms with Gasteiger partial charge in [-0.05, 0) is 32.9 Å². The van der Waals surface area contributed by atoms with Crippen LogP contribution in [0.15, 0.2) is 30.3 Å². The number of amides is 1. The van der Waals surface area contributed by atoms with Gasteiger partial charge in [0.15, 0.2) is 5.82 Å². The van der Waals surface area contributed by atoms with E-state index in [0.29, 0.717) is 6.54 Å². The summed E-state index contributed by atoms with van der Waals surface area (Å²) in [4.78, 5) is 19.6. The molecule has 1 amide bonds. The van der Waals surface area contributed by atoms with Crippen molar-refractivity contribution in [2.75, 3.05) is 19.6 Å². The molecule has 3 heterocycles. The van der Waals surface area contributed by atoms with Crippen molar-refractivity contribution in [3.63, 3.8) is 0 Å². The first-order valence-corrected chi connectivity index (χ1v) is 8.75. The maximum Gasteiger partial charge on any atom is 0.226 e. The summed E-state index contributed by atoms with van der Waals surface area (Å²) in [6, 6.07) is 9.98. The molecule has 1 N–H and O–H groups in total. The molecule has 0 unspecified atom stereocenters. The summed E-state index contributed by atoms with van der Waals surface area (Å²) >= 11 is 0. The molecule has 1 atom stereocenters. The van der Waals surface area contributed by atoms with Crippen molar-refractivity contribution in [3.05, 3.63) is 36.2 Å². The number of piperidine rings is 1. The van der Waals surface area contributed by atoms with Crippen molar-refractivity contribution in [2.24, 2.45) is 5.92 Å². The van der Waals surface area contributed by atoms with Crippen molar-refractivity contribution in [2.45, 2.75) is 32.4 Å². The minimum Gasteiger partial charge on any atom is -0.331 e. The van der Waals surface area contributed by atoms with Gasteiger partial charge in [-0.25, -0.2) is 9.67 Å². The second-order valence-corrected chi connectivity index (χ2v) is 6.61. The van der Waals surface area contributed by atoms with Gasteiger partial charge in [0, 0.05) is 18.0 Å². The Hall–Kier alpha value is -2.21. The highest BCUT2D eigenvalue weighted by atomic mass is 16.2. The van der Waals surface area contributed by atoms with Gasteiger partial charge in [-0.2, -0.15) is 5.10 Å². The van der Waals surface area contributed by atoms with Crippen LogP contribution in [0.1, 0.15) is 31.6 Å². The summed E-state index contributed by atoms with van der Waals surface area (Å²) in [7, 11) is 0. The predicted octanol–water partition coefficient (Wildman–Crippen LogP) is 1.85. The predicted molar refractivity (Wildman–Crippen MR) is 91.2 cm³/mol. The summed E-state index contributed by atoms with van der Waals surface area (Å²) in [5.74, 6) is 2.06. The van der Waals surface area contributed by atoms with Crippen molar-refractivity contribution in [3.8, 4) is 11.4 Å². The van der Waals surface area contributed by atoms with E-state index in [9.17, 15) is 4.79 Å². The quantitative estimate of drug-likeness (QED) is 0.915. The van der Waals surface area contributed by atoms with E-state index >= 15 is 0 Å². The fourth-order valence-corrected chi connectivity index (χ4v) is 3.68. The van der Waals surface area contributed by atoms with E-state index < -0.39 is 0 Å². The van der Waals surface area contributed by atoms with Crippen LogP contribution in [0.3, 0.4) is 0 Å². The number of nitrogens with one attached hydrogen (secondary N) is 1.